The van der Waals surface area contributed by atoms with E-state index in [4.69, 9.17) is 21.3 Å². The zero-order valence-electron chi connectivity index (χ0n) is 24.6. The number of aromatic carboxylic acids is 1. The van der Waals surface area contributed by atoms with Gasteiger partial charge in [0.1, 0.15) is 11.3 Å². The number of amides is 2. The van der Waals surface area contributed by atoms with Gasteiger partial charge in [0.05, 0.1) is 17.4 Å². The fourth-order valence-electron chi connectivity index (χ4n) is 4.45. The summed E-state index contributed by atoms with van der Waals surface area (Å²) in [5, 5.41) is 16.4. The summed E-state index contributed by atoms with van der Waals surface area (Å²) in [7, 11) is 0. The molecule has 13 nitrogen and oxygen atoms in total. The van der Waals surface area contributed by atoms with Crippen LogP contribution in [-0.2, 0) is 4.74 Å². The van der Waals surface area contributed by atoms with E-state index in [1.807, 2.05) is 20.8 Å². The lowest BCUT2D eigenvalue weighted by Crippen LogP contribution is -2.42. The molecule has 13 heteroatoms. The highest BCUT2D eigenvalue weighted by Crippen LogP contribution is 2.25. The maximum absolute atomic E-state index is 12.7. The molecule has 3 rings (SSSR count). The molecule has 1 saturated heterocycles. The van der Waals surface area contributed by atoms with Gasteiger partial charge in [-0.15, -0.1) is 0 Å². The third-order valence-electron chi connectivity index (χ3n) is 6.64. The number of carboxylic acids is 1. The normalized spacial score (nSPS) is 14.7. The fraction of sp³-hybridized carbons (Fsp3) is 0.517. The molecule has 0 aromatic carbocycles. The maximum atomic E-state index is 12.7. The minimum atomic E-state index is -1.10. The van der Waals surface area contributed by atoms with E-state index < -0.39 is 11.6 Å². The zero-order chi connectivity index (χ0) is 30.7. The number of nitrogens with zero attached hydrogens (tertiary/aromatic N) is 5. The standard InChI is InChI=1S/C29H42N8O5/c1-29(2,3)42-28(41)36-15-11-21(12-16-36)37-19-22(31)25(35-37)26(38)33-14-7-5-4-6-13-32-18-20(17-30)23-9-8-10-24(34-23)27(39)40/h8-10,17-19,21H,4-7,11-16,30-31H2,1-3H3,(H,33,38)(H,39,40). The van der Waals surface area contributed by atoms with E-state index in [1.54, 1.807) is 34.1 Å². The first kappa shape index (κ1) is 32.1. The number of nitrogen functional groups attached to an aromatic ring is 1. The summed E-state index contributed by atoms with van der Waals surface area (Å²) >= 11 is 0. The van der Waals surface area contributed by atoms with Crippen LogP contribution in [0.2, 0.25) is 0 Å². The van der Waals surface area contributed by atoms with Crippen LogP contribution in [0.15, 0.2) is 35.6 Å². The first-order chi connectivity index (χ1) is 20.0. The predicted molar refractivity (Wildman–Crippen MR) is 160 cm³/mol. The Bertz CT molecular complexity index is 1290. The molecule has 228 valence electrons. The van der Waals surface area contributed by atoms with Crippen molar-refractivity contribution in [3.8, 4) is 0 Å². The summed E-state index contributed by atoms with van der Waals surface area (Å²) < 4.78 is 7.19. The lowest BCUT2D eigenvalue weighted by atomic mass is 10.1. The highest BCUT2D eigenvalue weighted by molar-refractivity contribution is 6.09. The number of rotatable bonds is 12. The first-order valence-corrected chi connectivity index (χ1v) is 14.2. The second-order valence-electron chi connectivity index (χ2n) is 11.2. The van der Waals surface area contributed by atoms with Gasteiger partial charge in [-0.2, -0.15) is 5.10 Å². The number of carbonyl (C=O) groups is 3. The molecule has 2 aromatic rings. The van der Waals surface area contributed by atoms with Crippen molar-refractivity contribution in [3.05, 3.63) is 47.7 Å². The number of aromatic nitrogens is 3. The van der Waals surface area contributed by atoms with Crippen LogP contribution < -0.4 is 16.8 Å². The summed E-state index contributed by atoms with van der Waals surface area (Å²) in [6, 6.07) is 4.77. The summed E-state index contributed by atoms with van der Waals surface area (Å²) in [5.41, 5.74) is 12.7. The molecule has 1 aliphatic heterocycles. The largest absolute Gasteiger partial charge is 0.477 e. The van der Waals surface area contributed by atoms with Gasteiger partial charge >= 0.3 is 12.1 Å². The topological polar surface area (TPSA) is 191 Å². The average molecular weight is 583 g/mol. The Labute approximate surface area is 246 Å². The predicted octanol–water partition coefficient (Wildman–Crippen LogP) is 3.49. The van der Waals surface area contributed by atoms with Gasteiger partial charge in [-0.3, -0.25) is 14.5 Å². The zero-order valence-corrected chi connectivity index (χ0v) is 24.6. The van der Waals surface area contributed by atoms with E-state index in [-0.39, 0.29) is 29.4 Å². The number of anilines is 1. The number of unbranched alkanes of at least 4 members (excludes halogenated alkanes) is 3. The lowest BCUT2D eigenvalue weighted by molar-refractivity contribution is 0.0184. The van der Waals surface area contributed by atoms with Crippen molar-refractivity contribution in [3.63, 3.8) is 0 Å². The van der Waals surface area contributed by atoms with Gasteiger partial charge in [0, 0.05) is 50.4 Å². The van der Waals surface area contributed by atoms with Crippen molar-refractivity contribution in [2.24, 2.45) is 10.7 Å². The van der Waals surface area contributed by atoms with Crippen LogP contribution in [0.25, 0.3) is 5.57 Å². The van der Waals surface area contributed by atoms with Crippen molar-refractivity contribution in [1.29, 1.82) is 0 Å². The number of ether oxygens (including phenoxy) is 1. The Morgan fingerprint density at radius 2 is 1.83 bits per heavy atom. The quantitative estimate of drug-likeness (QED) is 0.214. The minimum Gasteiger partial charge on any atom is -0.477 e. The van der Waals surface area contributed by atoms with Crippen molar-refractivity contribution in [1.82, 2.24) is 25.0 Å². The number of carboxylic acid groups (broad SMARTS) is 1. The third-order valence-corrected chi connectivity index (χ3v) is 6.64. The van der Waals surface area contributed by atoms with Crippen molar-refractivity contribution >= 4 is 35.4 Å². The Hall–Kier alpha value is -4.42. The molecule has 2 aromatic heterocycles. The van der Waals surface area contributed by atoms with Gasteiger partial charge < -0.3 is 31.5 Å². The third kappa shape index (κ3) is 9.60. The molecule has 6 N–H and O–H groups in total. The molecule has 0 aliphatic carbocycles. The average Bonchev–Trinajstić information content (AvgIpc) is 3.34. The van der Waals surface area contributed by atoms with Crippen molar-refractivity contribution in [2.45, 2.75) is 70.9 Å². The number of aliphatic imine (C=N–C) groups is 1. The van der Waals surface area contributed by atoms with Crippen LogP contribution in [0.5, 0.6) is 0 Å². The second-order valence-corrected chi connectivity index (χ2v) is 11.2. The summed E-state index contributed by atoms with van der Waals surface area (Å²) in [6.07, 6.45) is 9.23. The number of nitrogens with one attached hydrogen (secondary N) is 1. The number of nitrogens with two attached hydrogens (primary N) is 2. The molecule has 0 spiro atoms. The van der Waals surface area contributed by atoms with E-state index >= 15 is 0 Å². The molecule has 0 unspecified atom stereocenters. The second kappa shape index (κ2) is 15.0. The van der Waals surface area contributed by atoms with Crippen LogP contribution in [0, 0.1) is 0 Å². The van der Waals surface area contributed by atoms with Gasteiger partial charge in [0.2, 0.25) is 0 Å². The number of allylic oxidation sites excluding steroid dienone is 1. The van der Waals surface area contributed by atoms with Gasteiger partial charge in [-0.05, 0) is 58.6 Å². The van der Waals surface area contributed by atoms with Gasteiger partial charge in [-0.1, -0.05) is 18.9 Å². The van der Waals surface area contributed by atoms with Crippen LogP contribution in [0.4, 0.5) is 10.5 Å². The molecular formula is C29H42N8O5. The highest BCUT2D eigenvalue weighted by atomic mass is 16.6. The van der Waals surface area contributed by atoms with Crippen LogP contribution in [0.3, 0.4) is 0 Å². The Morgan fingerprint density at radius 1 is 1.14 bits per heavy atom. The van der Waals surface area contributed by atoms with E-state index in [0.717, 1.165) is 25.7 Å². The Morgan fingerprint density at radius 3 is 2.50 bits per heavy atom. The molecule has 0 bridgehead atoms. The van der Waals surface area contributed by atoms with E-state index in [0.29, 0.717) is 56.0 Å². The number of hydrogen-bond acceptors (Lipinski definition) is 9. The molecule has 0 saturated carbocycles. The minimum absolute atomic E-state index is 0.0535. The molecule has 0 atom stereocenters. The van der Waals surface area contributed by atoms with Gasteiger partial charge in [-0.25, -0.2) is 14.6 Å². The number of pyridine rings is 1. The van der Waals surface area contributed by atoms with Crippen molar-refractivity contribution in [2.75, 3.05) is 31.9 Å². The maximum Gasteiger partial charge on any atom is 0.410 e. The molecular weight excluding hydrogens is 540 g/mol. The van der Waals surface area contributed by atoms with E-state index in [2.05, 4.69) is 20.4 Å². The Balaban J connectivity index is 1.34. The fourth-order valence-corrected chi connectivity index (χ4v) is 4.45. The monoisotopic (exact) mass is 582 g/mol. The molecule has 1 fully saturated rings. The molecule has 1 aliphatic rings. The lowest BCUT2D eigenvalue weighted by Gasteiger charge is -2.33. The van der Waals surface area contributed by atoms with Crippen LogP contribution in [0.1, 0.15) is 92.0 Å². The number of hydrogen-bond donors (Lipinski definition) is 4. The van der Waals surface area contributed by atoms with Crippen molar-refractivity contribution < 1.29 is 24.2 Å². The number of carbonyl (C=O) groups excluding carboxylic acids is 2. The summed E-state index contributed by atoms with van der Waals surface area (Å²) in [6.45, 7) is 7.74. The van der Waals surface area contributed by atoms with Crippen LogP contribution in [-0.4, -0.2) is 80.7 Å². The number of likely N-dealkylation sites (tertiary alicyclic amines) is 1. The van der Waals surface area contributed by atoms with E-state index in [1.165, 1.54) is 12.3 Å². The van der Waals surface area contributed by atoms with Crippen LogP contribution >= 0.6 is 0 Å². The van der Waals surface area contributed by atoms with E-state index in [9.17, 15) is 14.4 Å². The summed E-state index contributed by atoms with van der Waals surface area (Å²) in [4.78, 5) is 46.2. The molecule has 0 radical (unpaired) electrons. The number of piperidine rings is 1. The molecule has 2 amide bonds. The van der Waals surface area contributed by atoms with Gasteiger partial charge in [0.25, 0.3) is 5.91 Å². The first-order valence-electron chi connectivity index (χ1n) is 14.2. The highest BCUT2D eigenvalue weighted by Gasteiger charge is 2.28. The van der Waals surface area contributed by atoms with Gasteiger partial charge in [0.15, 0.2) is 5.69 Å². The Kier molecular flexibility index (Phi) is 11.5. The molecule has 3 heterocycles. The smallest absolute Gasteiger partial charge is 0.410 e. The summed E-state index contributed by atoms with van der Waals surface area (Å²) in [5.74, 6) is -1.41. The molecule has 42 heavy (non-hydrogen) atoms. The SMILES string of the molecule is CC(C)(C)OC(=O)N1CCC(n2cc(N)c(C(=O)NCCCCCCN=CC(=CN)c3cccc(C(=O)O)n3)n2)CC1.